The van der Waals surface area contributed by atoms with Gasteiger partial charge in [-0.3, -0.25) is 9.59 Å². The molecule has 0 fully saturated rings. The fourth-order valence-electron chi connectivity index (χ4n) is 2.72. The number of Topliss-reactive ketones (excluding diaryl/α,β-unsaturated/α-hetero) is 2. The number of hydrogen-bond acceptors (Lipinski definition) is 6. The lowest BCUT2D eigenvalue weighted by molar-refractivity contribution is -0.151. The van der Waals surface area contributed by atoms with Gasteiger partial charge in [-0.25, -0.2) is 9.59 Å². The second-order valence-electron chi connectivity index (χ2n) is 7.96. The minimum Gasteiger partial charge on any atom is -0.479 e. The van der Waals surface area contributed by atoms with E-state index in [1.165, 1.54) is 24.3 Å². The number of ether oxygens (including phenoxy) is 2. The maximum Gasteiger partial charge on any atom is 0.332 e. The fraction of sp³-hybridized carbons (Fsp3) is 0.545. The Morgan fingerprint density at radius 1 is 0.767 bits per heavy atom. The zero-order valence-electron chi connectivity index (χ0n) is 17.8. The van der Waals surface area contributed by atoms with Crippen LogP contribution in [0, 0.1) is 11.8 Å². The first-order chi connectivity index (χ1) is 14.0. The highest BCUT2D eigenvalue weighted by Crippen LogP contribution is 2.13. The van der Waals surface area contributed by atoms with E-state index in [2.05, 4.69) is 0 Å². The molecule has 0 aliphatic carbocycles. The molecular weight excluding hydrogens is 392 g/mol. The highest BCUT2D eigenvalue weighted by molar-refractivity contribution is 6.02. The number of benzene rings is 1. The molecule has 0 aliphatic heterocycles. The summed E-state index contributed by atoms with van der Waals surface area (Å²) in [5.41, 5.74) is 0.401. The smallest absolute Gasteiger partial charge is 0.332 e. The zero-order chi connectivity index (χ0) is 22.8. The summed E-state index contributed by atoms with van der Waals surface area (Å²) >= 11 is 0. The summed E-state index contributed by atoms with van der Waals surface area (Å²) in [4.78, 5) is 47.2. The molecule has 2 atom stereocenters. The number of carboxylic acids is 2. The van der Waals surface area contributed by atoms with Crippen molar-refractivity contribution in [1.82, 2.24) is 0 Å². The van der Waals surface area contributed by atoms with Crippen LogP contribution in [-0.4, -0.2) is 59.1 Å². The third-order valence-corrected chi connectivity index (χ3v) is 4.26. The van der Waals surface area contributed by atoms with Crippen LogP contribution in [-0.2, 0) is 19.1 Å². The monoisotopic (exact) mass is 422 g/mol. The molecule has 0 radical (unpaired) electrons. The van der Waals surface area contributed by atoms with Gasteiger partial charge in [0.15, 0.2) is 23.8 Å². The summed E-state index contributed by atoms with van der Waals surface area (Å²) in [6.45, 7) is 6.58. The fourth-order valence-corrected chi connectivity index (χ4v) is 2.72. The lowest BCUT2D eigenvalue weighted by atomic mass is 10.0. The number of hydrogen-bond donors (Lipinski definition) is 2. The summed E-state index contributed by atoms with van der Waals surface area (Å²) in [5.74, 6) is -2.99. The number of carbonyl (C=O) groups excluding carboxylic acids is 2. The molecule has 0 spiro atoms. The van der Waals surface area contributed by atoms with Crippen molar-refractivity contribution in [2.24, 2.45) is 11.8 Å². The summed E-state index contributed by atoms with van der Waals surface area (Å²) in [6, 6.07) is 5.89. The Morgan fingerprint density at radius 2 is 1.13 bits per heavy atom. The molecule has 0 unspecified atom stereocenters. The highest BCUT2D eigenvalue weighted by atomic mass is 16.5. The van der Waals surface area contributed by atoms with Crippen LogP contribution in [0.4, 0.5) is 0 Å². The second kappa shape index (κ2) is 12.2. The molecule has 8 heteroatoms. The van der Waals surface area contributed by atoms with Gasteiger partial charge in [0.2, 0.25) is 0 Å². The Balaban J connectivity index is 2.74. The molecule has 0 aliphatic rings. The van der Waals surface area contributed by atoms with E-state index in [0.29, 0.717) is 0 Å². The number of carbonyl (C=O) groups is 4. The number of rotatable bonds is 14. The average Bonchev–Trinajstić information content (AvgIpc) is 2.66. The van der Waals surface area contributed by atoms with Crippen molar-refractivity contribution in [3.63, 3.8) is 0 Å². The van der Waals surface area contributed by atoms with E-state index in [9.17, 15) is 29.4 Å². The lowest BCUT2D eigenvalue weighted by Crippen LogP contribution is -2.28. The van der Waals surface area contributed by atoms with Crippen LogP contribution in [0.2, 0.25) is 0 Å². The molecule has 30 heavy (non-hydrogen) atoms. The van der Waals surface area contributed by atoms with Gasteiger partial charge in [0.1, 0.15) is 13.2 Å². The third-order valence-electron chi connectivity index (χ3n) is 4.26. The first-order valence-electron chi connectivity index (χ1n) is 9.86. The topological polar surface area (TPSA) is 127 Å². The van der Waals surface area contributed by atoms with Gasteiger partial charge in [-0.2, -0.15) is 0 Å². The van der Waals surface area contributed by atoms with Crippen molar-refractivity contribution < 1.29 is 38.9 Å². The minimum atomic E-state index is -1.13. The Morgan fingerprint density at radius 3 is 1.43 bits per heavy atom. The molecule has 166 valence electrons. The Labute approximate surface area is 176 Å². The van der Waals surface area contributed by atoms with Crippen LogP contribution in [0.3, 0.4) is 0 Å². The highest BCUT2D eigenvalue weighted by Gasteiger charge is 2.23. The molecular formula is C22H30O8. The molecule has 8 nitrogen and oxygen atoms in total. The number of ketones is 2. The summed E-state index contributed by atoms with van der Waals surface area (Å²) in [6.07, 6.45) is -1.61. The van der Waals surface area contributed by atoms with Crippen molar-refractivity contribution in [2.45, 2.75) is 52.7 Å². The van der Waals surface area contributed by atoms with Crippen LogP contribution in [0.15, 0.2) is 24.3 Å². The van der Waals surface area contributed by atoms with Gasteiger partial charge in [-0.05, 0) is 30.7 Å². The lowest BCUT2D eigenvalue weighted by Gasteiger charge is -2.16. The Kier molecular flexibility index (Phi) is 10.3. The summed E-state index contributed by atoms with van der Waals surface area (Å²) in [5, 5.41) is 18.4. The molecule has 2 N–H and O–H groups in total. The van der Waals surface area contributed by atoms with Gasteiger partial charge < -0.3 is 19.7 Å². The van der Waals surface area contributed by atoms with Crippen LogP contribution in [0.1, 0.15) is 61.3 Å². The first kappa shape index (κ1) is 25.5. The van der Waals surface area contributed by atoms with Gasteiger partial charge in [-0.1, -0.05) is 45.9 Å². The maximum atomic E-state index is 12.4. The molecule has 0 bridgehead atoms. The van der Waals surface area contributed by atoms with Crippen molar-refractivity contribution in [1.29, 1.82) is 0 Å². The first-order valence-corrected chi connectivity index (χ1v) is 9.86. The van der Waals surface area contributed by atoms with E-state index >= 15 is 0 Å². The molecule has 0 saturated heterocycles. The quantitative estimate of drug-likeness (QED) is 0.438. The molecule has 0 amide bonds. The Hall–Kier alpha value is -2.58. The normalized spacial score (nSPS) is 13.3. The SMILES string of the molecule is CC(C)C[C@@H](OCC(=O)c1cccc(C(=O)CO[C@H](CC(C)C)C(=O)O)c1)C(=O)O. The number of aliphatic carboxylic acids is 2. The van der Waals surface area contributed by atoms with Crippen LogP contribution in [0.5, 0.6) is 0 Å². The third kappa shape index (κ3) is 8.84. The van der Waals surface area contributed by atoms with E-state index in [-0.39, 0.29) is 35.8 Å². The van der Waals surface area contributed by atoms with Crippen LogP contribution >= 0.6 is 0 Å². The summed E-state index contributed by atoms with van der Waals surface area (Å²) < 4.78 is 10.5. The second-order valence-corrected chi connectivity index (χ2v) is 7.96. The van der Waals surface area contributed by atoms with Gasteiger partial charge in [-0.15, -0.1) is 0 Å². The van der Waals surface area contributed by atoms with Crippen LogP contribution in [0.25, 0.3) is 0 Å². The standard InChI is InChI=1S/C22H30O8/c1-13(2)8-19(21(25)26)29-11-17(23)15-6-5-7-16(10-15)18(24)12-30-20(22(27)28)9-14(3)4/h5-7,10,13-14,19-20H,8-9,11-12H2,1-4H3,(H,25,26)(H,27,28)/t19-,20-/m1/s1. The average molecular weight is 422 g/mol. The van der Waals surface area contributed by atoms with E-state index in [1.54, 1.807) is 0 Å². The van der Waals surface area contributed by atoms with Gasteiger partial charge >= 0.3 is 11.9 Å². The minimum absolute atomic E-state index is 0.0903. The van der Waals surface area contributed by atoms with Crippen molar-refractivity contribution in [3.8, 4) is 0 Å². The Bertz CT molecular complexity index is 694. The van der Waals surface area contributed by atoms with Crippen molar-refractivity contribution in [2.75, 3.05) is 13.2 Å². The molecule has 0 saturated carbocycles. The van der Waals surface area contributed by atoms with Gasteiger partial charge in [0.05, 0.1) is 0 Å². The molecule has 0 heterocycles. The van der Waals surface area contributed by atoms with E-state index in [4.69, 9.17) is 9.47 Å². The molecule has 1 aromatic rings. The van der Waals surface area contributed by atoms with E-state index in [1.807, 2.05) is 27.7 Å². The van der Waals surface area contributed by atoms with E-state index < -0.39 is 48.9 Å². The summed E-state index contributed by atoms with van der Waals surface area (Å²) in [7, 11) is 0. The zero-order valence-corrected chi connectivity index (χ0v) is 17.8. The van der Waals surface area contributed by atoms with Crippen molar-refractivity contribution >= 4 is 23.5 Å². The van der Waals surface area contributed by atoms with E-state index in [0.717, 1.165) is 0 Å². The molecule has 1 rings (SSSR count). The van der Waals surface area contributed by atoms with Gasteiger partial charge in [0, 0.05) is 11.1 Å². The predicted molar refractivity (Wildman–Crippen MR) is 109 cm³/mol. The number of carboxylic acid groups (broad SMARTS) is 2. The molecule has 1 aromatic carbocycles. The van der Waals surface area contributed by atoms with Gasteiger partial charge in [0.25, 0.3) is 0 Å². The van der Waals surface area contributed by atoms with Crippen molar-refractivity contribution in [3.05, 3.63) is 35.4 Å². The van der Waals surface area contributed by atoms with Crippen LogP contribution < -0.4 is 0 Å². The molecule has 0 aromatic heterocycles. The maximum absolute atomic E-state index is 12.4. The predicted octanol–water partition coefficient (Wildman–Crippen LogP) is 3.08. The largest absolute Gasteiger partial charge is 0.479 e.